The van der Waals surface area contributed by atoms with Crippen LogP contribution in [0, 0.1) is 12.7 Å². The monoisotopic (exact) mass is 309 g/mol. The molecule has 3 aromatic rings. The van der Waals surface area contributed by atoms with Gasteiger partial charge >= 0.3 is 0 Å². The summed E-state index contributed by atoms with van der Waals surface area (Å²) in [5, 5.41) is 17.7. The second-order valence-corrected chi connectivity index (χ2v) is 5.16. The Kier molecular flexibility index (Phi) is 4.30. The fourth-order valence-corrected chi connectivity index (χ4v) is 2.33. The highest BCUT2D eigenvalue weighted by atomic mass is 19.1. The standard InChI is InChI=1S/C18H16FN3O/c1-13-4-2-3-5-17(13)22-18(16(12-23)20-21-22)11-8-14-6-9-15(19)10-7-14/h2-11,23H,12H2,1H3/b11-8+. The first-order valence-corrected chi connectivity index (χ1v) is 7.24. The van der Waals surface area contributed by atoms with Gasteiger partial charge in [0.15, 0.2) is 0 Å². The summed E-state index contributed by atoms with van der Waals surface area (Å²) in [6.45, 7) is 1.79. The van der Waals surface area contributed by atoms with Gasteiger partial charge in [0, 0.05) is 0 Å². The lowest BCUT2D eigenvalue weighted by Gasteiger charge is -2.07. The molecule has 0 aliphatic rings. The van der Waals surface area contributed by atoms with Crippen LogP contribution in [0.2, 0.25) is 0 Å². The van der Waals surface area contributed by atoms with Crippen molar-refractivity contribution in [3.8, 4) is 5.69 Å². The predicted octanol–water partition coefficient (Wildman–Crippen LogP) is 3.38. The van der Waals surface area contributed by atoms with Crippen molar-refractivity contribution in [2.75, 3.05) is 0 Å². The van der Waals surface area contributed by atoms with Crippen molar-refractivity contribution < 1.29 is 9.50 Å². The number of hydrogen-bond donors (Lipinski definition) is 1. The van der Waals surface area contributed by atoms with E-state index in [0.717, 1.165) is 16.8 Å². The van der Waals surface area contributed by atoms with E-state index in [1.165, 1.54) is 12.1 Å². The average Bonchev–Trinajstić information content (AvgIpc) is 2.97. The quantitative estimate of drug-likeness (QED) is 0.804. The maximum absolute atomic E-state index is 13.0. The summed E-state index contributed by atoms with van der Waals surface area (Å²) in [5.74, 6) is -0.273. The van der Waals surface area contributed by atoms with Crippen molar-refractivity contribution in [2.24, 2.45) is 0 Å². The molecule has 5 heteroatoms. The number of rotatable bonds is 4. The minimum atomic E-state index is -0.273. The third-order valence-electron chi connectivity index (χ3n) is 3.58. The lowest BCUT2D eigenvalue weighted by molar-refractivity contribution is 0.276. The summed E-state index contributed by atoms with van der Waals surface area (Å²) in [5.41, 5.74) is 4.00. The van der Waals surface area contributed by atoms with Gasteiger partial charge in [0.25, 0.3) is 0 Å². The molecule has 0 bridgehead atoms. The first kappa shape index (κ1) is 15.1. The van der Waals surface area contributed by atoms with Crippen LogP contribution in [0.15, 0.2) is 48.5 Å². The molecule has 0 aliphatic carbocycles. The van der Waals surface area contributed by atoms with E-state index < -0.39 is 0 Å². The van der Waals surface area contributed by atoms with E-state index in [1.807, 2.05) is 43.3 Å². The van der Waals surface area contributed by atoms with Gasteiger partial charge in [0.05, 0.1) is 18.0 Å². The van der Waals surface area contributed by atoms with Crippen molar-refractivity contribution in [2.45, 2.75) is 13.5 Å². The zero-order chi connectivity index (χ0) is 16.2. The molecule has 0 atom stereocenters. The molecule has 1 heterocycles. The molecule has 0 radical (unpaired) electrons. The molecule has 0 saturated heterocycles. The van der Waals surface area contributed by atoms with E-state index in [1.54, 1.807) is 16.8 Å². The number of aryl methyl sites for hydroxylation is 1. The number of aliphatic hydroxyl groups is 1. The van der Waals surface area contributed by atoms with E-state index in [9.17, 15) is 9.50 Å². The molecule has 0 spiro atoms. The second-order valence-electron chi connectivity index (χ2n) is 5.16. The van der Waals surface area contributed by atoms with Gasteiger partial charge in [-0.2, -0.15) is 0 Å². The third-order valence-corrected chi connectivity index (χ3v) is 3.58. The summed E-state index contributed by atoms with van der Waals surface area (Å²) >= 11 is 0. The Hall–Kier alpha value is -2.79. The highest BCUT2D eigenvalue weighted by molar-refractivity contribution is 5.70. The van der Waals surface area contributed by atoms with Crippen LogP contribution in [0.4, 0.5) is 4.39 Å². The van der Waals surface area contributed by atoms with Gasteiger partial charge in [-0.3, -0.25) is 0 Å². The summed E-state index contributed by atoms with van der Waals surface area (Å²) in [7, 11) is 0. The van der Waals surface area contributed by atoms with E-state index in [-0.39, 0.29) is 12.4 Å². The van der Waals surface area contributed by atoms with Crippen LogP contribution in [-0.4, -0.2) is 20.1 Å². The Labute approximate surface area is 133 Å². The Morgan fingerprint density at radius 3 is 2.52 bits per heavy atom. The molecule has 23 heavy (non-hydrogen) atoms. The van der Waals surface area contributed by atoms with Crippen molar-refractivity contribution in [1.29, 1.82) is 0 Å². The highest BCUT2D eigenvalue weighted by Gasteiger charge is 2.12. The number of para-hydroxylation sites is 1. The summed E-state index contributed by atoms with van der Waals surface area (Å²) in [6.07, 6.45) is 3.66. The van der Waals surface area contributed by atoms with Crippen LogP contribution in [0.3, 0.4) is 0 Å². The Morgan fingerprint density at radius 1 is 1.09 bits per heavy atom. The van der Waals surface area contributed by atoms with E-state index in [0.29, 0.717) is 11.4 Å². The molecule has 2 aromatic carbocycles. The van der Waals surface area contributed by atoms with Crippen molar-refractivity contribution in [3.63, 3.8) is 0 Å². The number of aromatic nitrogens is 3. The fraction of sp³-hybridized carbons (Fsp3) is 0.111. The molecule has 0 unspecified atom stereocenters. The van der Waals surface area contributed by atoms with Gasteiger partial charge in [-0.15, -0.1) is 5.10 Å². The highest BCUT2D eigenvalue weighted by Crippen LogP contribution is 2.19. The molecule has 0 aliphatic heterocycles. The van der Waals surface area contributed by atoms with E-state index >= 15 is 0 Å². The predicted molar refractivity (Wildman–Crippen MR) is 87.3 cm³/mol. The van der Waals surface area contributed by atoms with Crippen LogP contribution in [-0.2, 0) is 6.61 Å². The normalized spacial score (nSPS) is 11.3. The topological polar surface area (TPSA) is 50.9 Å². The van der Waals surface area contributed by atoms with E-state index in [2.05, 4.69) is 10.3 Å². The summed E-state index contributed by atoms with van der Waals surface area (Å²) in [4.78, 5) is 0. The minimum Gasteiger partial charge on any atom is -0.390 e. The molecular formula is C18H16FN3O. The van der Waals surface area contributed by atoms with Crippen LogP contribution in [0.1, 0.15) is 22.5 Å². The number of nitrogens with zero attached hydrogens (tertiary/aromatic N) is 3. The van der Waals surface area contributed by atoms with Crippen LogP contribution < -0.4 is 0 Å². The Bertz CT molecular complexity index is 838. The molecule has 4 nitrogen and oxygen atoms in total. The van der Waals surface area contributed by atoms with E-state index in [4.69, 9.17) is 0 Å². The van der Waals surface area contributed by atoms with Crippen molar-refractivity contribution >= 4 is 12.2 Å². The lowest BCUT2D eigenvalue weighted by Crippen LogP contribution is -2.02. The van der Waals surface area contributed by atoms with Crippen molar-refractivity contribution in [3.05, 3.63) is 76.9 Å². The molecule has 0 amide bonds. The van der Waals surface area contributed by atoms with Gasteiger partial charge in [-0.1, -0.05) is 41.6 Å². The molecule has 1 N–H and O–H groups in total. The minimum absolute atomic E-state index is 0.199. The van der Waals surface area contributed by atoms with Gasteiger partial charge in [-0.25, -0.2) is 9.07 Å². The summed E-state index contributed by atoms with van der Waals surface area (Å²) < 4.78 is 14.7. The lowest BCUT2D eigenvalue weighted by atomic mass is 10.1. The zero-order valence-electron chi connectivity index (χ0n) is 12.6. The third kappa shape index (κ3) is 3.19. The zero-order valence-corrected chi connectivity index (χ0v) is 12.6. The van der Waals surface area contributed by atoms with Crippen LogP contribution in [0.25, 0.3) is 17.8 Å². The second kappa shape index (κ2) is 6.54. The molecule has 0 saturated carbocycles. The smallest absolute Gasteiger partial charge is 0.123 e. The maximum atomic E-state index is 13.0. The number of halogens is 1. The van der Waals surface area contributed by atoms with Crippen LogP contribution in [0.5, 0.6) is 0 Å². The van der Waals surface area contributed by atoms with Crippen molar-refractivity contribution in [1.82, 2.24) is 15.0 Å². The van der Waals surface area contributed by atoms with Gasteiger partial charge in [0.1, 0.15) is 11.5 Å². The number of hydrogen-bond acceptors (Lipinski definition) is 3. The molecular weight excluding hydrogens is 293 g/mol. The molecule has 1 aromatic heterocycles. The number of benzene rings is 2. The molecule has 116 valence electrons. The fourth-order valence-electron chi connectivity index (χ4n) is 2.33. The first-order chi connectivity index (χ1) is 11.2. The molecule has 3 rings (SSSR count). The maximum Gasteiger partial charge on any atom is 0.123 e. The van der Waals surface area contributed by atoms with Gasteiger partial charge < -0.3 is 5.11 Å². The van der Waals surface area contributed by atoms with Gasteiger partial charge in [0.2, 0.25) is 0 Å². The average molecular weight is 309 g/mol. The summed E-state index contributed by atoms with van der Waals surface area (Å²) in [6, 6.07) is 14.0. The Morgan fingerprint density at radius 2 is 1.83 bits per heavy atom. The SMILES string of the molecule is Cc1ccccc1-n1nnc(CO)c1/C=C/c1ccc(F)cc1. The Balaban J connectivity index is 2.03. The van der Waals surface area contributed by atoms with Gasteiger partial charge in [-0.05, 0) is 42.3 Å². The largest absolute Gasteiger partial charge is 0.390 e. The van der Waals surface area contributed by atoms with Crippen LogP contribution >= 0.6 is 0 Å². The number of aliphatic hydroxyl groups excluding tert-OH is 1. The molecule has 0 fully saturated rings. The first-order valence-electron chi connectivity index (χ1n) is 7.24.